The summed E-state index contributed by atoms with van der Waals surface area (Å²) in [5, 5.41) is 12.4. The van der Waals surface area contributed by atoms with Gasteiger partial charge in [-0.25, -0.2) is 4.39 Å². The van der Waals surface area contributed by atoms with E-state index in [0.717, 1.165) is 5.56 Å². The largest absolute Gasteiger partial charge is 0.392 e. The first kappa shape index (κ1) is 9.62. The Hall–Kier alpha value is -0.930. The Kier molecular flexibility index (Phi) is 2.52. The number of aryl methyl sites for hydroxylation is 1. The molecule has 3 heteroatoms. The molecule has 76 valence electrons. The molecule has 0 bridgehead atoms. The molecule has 2 rings (SSSR count). The van der Waals surface area contributed by atoms with Crippen LogP contribution in [-0.4, -0.2) is 17.8 Å². The molecule has 0 aromatic heterocycles. The molecule has 1 aromatic rings. The maximum Gasteiger partial charge on any atom is 0.127 e. The van der Waals surface area contributed by atoms with Gasteiger partial charge in [-0.1, -0.05) is 17.7 Å². The van der Waals surface area contributed by atoms with Crippen molar-refractivity contribution in [1.82, 2.24) is 5.32 Å². The van der Waals surface area contributed by atoms with E-state index in [1.165, 1.54) is 6.07 Å². The fourth-order valence-corrected chi connectivity index (χ4v) is 1.88. The highest BCUT2D eigenvalue weighted by atomic mass is 19.1. The summed E-state index contributed by atoms with van der Waals surface area (Å²) in [5.74, 6) is -0.192. The van der Waals surface area contributed by atoms with Crippen molar-refractivity contribution >= 4 is 0 Å². The number of aliphatic hydroxyl groups excluding tert-OH is 1. The molecule has 1 aliphatic heterocycles. The third-order valence-electron chi connectivity index (χ3n) is 2.63. The topological polar surface area (TPSA) is 32.3 Å². The quantitative estimate of drug-likeness (QED) is 0.712. The number of benzene rings is 1. The lowest BCUT2D eigenvalue weighted by Crippen LogP contribution is -2.15. The zero-order valence-electron chi connectivity index (χ0n) is 8.13. The number of hydrogen-bond acceptors (Lipinski definition) is 2. The summed E-state index contributed by atoms with van der Waals surface area (Å²) in [6.45, 7) is 2.49. The lowest BCUT2D eigenvalue weighted by molar-refractivity contribution is 0.193. The van der Waals surface area contributed by atoms with Crippen LogP contribution in [0.3, 0.4) is 0 Å². The standard InChI is InChI=1S/C11H14FNO/c1-7-2-3-10(12)9(4-7)11-5-8(14)6-13-11/h2-4,8,11,13-14H,5-6H2,1H3. The molecule has 1 aromatic carbocycles. The molecule has 1 heterocycles. The number of aliphatic hydroxyl groups is 1. The number of hydrogen-bond donors (Lipinski definition) is 2. The smallest absolute Gasteiger partial charge is 0.127 e. The van der Waals surface area contributed by atoms with Gasteiger partial charge in [0.05, 0.1) is 6.10 Å². The van der Waals surface area contributed by atoms with Crippen LogP contribution in [0.15, 0.2) is 18.2 Å². The molecule has 1 saturated heterocycles. The first-order valence-electron chi connectivity index (χ1n) is 4.84. The van der Waals surface area contributed by atoms with Crippen molar-refractivity contribution in [3.8, 4) is 0 Å². The van der Waals surface area contributed by atoms with Gasteiger partial charge < -0.3 is 10.4 Å². The molecule has 0 spiro atoms. The maximum absolute atomic E-state index is 13.4. The molecule has 0 aliphatic carbocycles. The van der Waals surface area contributed by atoms with Crippen LogP contribution in [0.4, 0.5) is 4.39 Å². The van der Waals surface area contributed by atoms with Crippen LogP contribution in [0.25, 0.3) is 0 Å². The number of nitrogens with one attached hydrogen (secondary N) is 1. The molecule has 2 N–H and O–H groups in total. The molecule has 1 fully saturated rings. The van der Waals surface area contributed by atoms with E-state index in [4.69, 9.17) is 0 Å². The summed E-state index contributed by atoms with van der Waals surface area (Å²) in [7, 11) is 0. The Bertz CT molecular complexity index is 340. The van der Waals surface area contributed by atoms with Gasteiger partial charge in [-0.2, -0.15) is 0 Å². The van der Waals surface area contributed by atoms with Crippen LogP contribution < -0.4 is 5.32 Å². The van der Waals surface area contributed by atoms with Crippen molar-refractivity contribution in [2.75, 3.05) is 6.54 Å². The lowest BCUT2D eigenvalue weighted by atomic mass is 10.0. The fourth-order valence-electron chi connectivity index (χ4n) is 1.88. The molecular formula is C11H14FNO. The average molecular weight is 195 g/mol. The van der Waals surface area contributed by atoms with E-state index in [-0.39, 0.29) is 18.0 Å². The van der Waals surface area contributed by atoms with Crippen molar-refractivity contribution in [3.63, 3.8) is 0 Å². The average Bonchev–Trinajstić information content (AvgIpc) is 2.56. The minimum Gasteiger partial charge on any atom is -0.392 e. The summed E-state index contributed by atoms with van der Waals surface area (Å²) in [5.41, 5.74) is 1.71. The molecule has 0 radical (unpaired) electrons. The minimum atomic E-state index is -0.347. The Labute approximate surface area is 82.8 Å². The molecule has 0 amide bonds. The third kappa shape index (κ3) is 1.79. The van der Waals surface area contributed by atoms with E-state index in [1.807, 2.05) is 13.0 Å². The SMILES string of the molecule is Cc1ccc(F)c(C2CC(O)CN2)c1. The second-order valence-corrected chi connectivity index (χ2v) is 3.88. The summed E-state index contributed by atoms with van der Waals surface area (Å²) in [6, 6.07) is 5.04. The van der Waals surface area contributed by atoms with E-state index in [9.17, 15) is 9.50 Å². The van der Waals surface area contributed by atoms with Crippen LogP contribution in [0, 0.1) is 12.7 Å². The van der Waals surface area contributed by atoms with Gasteiger partial charge in [0.1, 0.15) is 5.82 Å². The number of β-amino-alcohol motifs (C(OH)–C–C–N with tert-alkyl or cyclic N) is 1. The summed E-state index contributed by atoms with van der Waals surface area (Å²) in [4.78, 5) is 0. The number of rotatable bonds is 1. The predicted molar refractivity (Wildman–Crippen MR) is 52.5 cm³/mol. The normalized spacial score (nSPS) is 26.8. The lowest BCUT2D eigenvalue weighted by Gasteiger charge is -2.12. The van der Waals surface area contributed by atoms with E-state index in [0.29, 0.717) is 18.5 Å². The van der Waals surface area contributed by atoms with E-state index >= 15 is 0 Å². The van der Waals surface area contributed by atoms with Crippen LogP contribution in [0.5, 0.6) is 0 Å². The van der Waals surface area contributed by atoms with Crippen LogP contribution in [-0.2, 0) is 0 Å². The molecule has 2 unspecified atom stereocenters. The summed E-state index contributed by atoms with van der Waals surface area (Å²) < 4.78 is 13.4. The van der Waals surface area contributed by atoms with Gasteiger partial charge in [-0.05, 0) is 19.4 Å². The minimum absolute atomic E-state index is 0.0371. The Morgan fingerprint density at radius 1 is 1.50 bits per heavy atom. The highest BCUT2D eigenvalue weighted by Gasteiger charge is 2.25. The van der Waals surface area contributed by atoms with E-state index in [2.05, 4.69) is 5.32 Å². The maximum atomic E-state index is 13.4. The Balaban J connectivity index is 2.27. The monoisotopic (exact) mass is 195 g/mol. The molecule has 0 saturated carbocycles. The van der Waals surface area contributed by atoms with Crippen LogP contribution in [0.2, 0.25) is 0 Å². The molecule has 14 heavy (non-hydrogen) atoms. The van der Waals surface area contributed by atoms with Gasteiger partial charge in [0.15, 0.2) is 0 Å². The highest BCUT2D eigenvalue weighted by Crippen LogP contribution is 2.26. The first-order valence-corrected chi connectivity index (χ1v) is 4.84. The highest BCUT2D eigenvalue weighted by molar-refractivity contribution is 5.27. The summed E-state index contributed by atoms with van der Waals surface area (Å²) >= 11 is 0. The Morgan fingerprint density at radius 3 is 2.93 bits per heavy atom. The molecular weight excluding hydrogens is 181 g/mol. The van der Waals surface area contributed by atoms with Gasteiger partial charge in [0, 0.05) is 18.2 Å². The van der Waals surface area contributed by atoms with Gasteiger partial charge >= 0.3 is 0 Å². The van der Waals surface area contributed by atoms with Gasteiger partial charge in [-0.3, -0.25) is 0 Å². The summed E-state index contributed by atoms with van der Waals surface area (Å²) in [6.07, 6.45) is 0.250. The Morgan fingerprint density at radius 2 is 2.29 bits per heavy atom. The van der Waals surface area contributed by atoms with Crippen molar-refractivity contribution in [1.29, 1.82) is 0 Å². The van der Waals surface area contributed by atoms with Crippen LogP contribution in [0.1, 0.15) is 23.6 Å². The van der Waals surface area contributed by atoms with E-state index < -0.39 is 0 Å². The van der Waals surface area contributed by atoms with Gasteiger partial charge in [0.25, 0.3) is 0 Å². The second kappa shape index (κ2) is 3.67. The number of halogens is 1. The first-order chi connectivity index (χ1) is 6.66. The zero-order valence-corrected chi connectivity index (χ0v) is 8.13. The van der Waals surface area contributed by atoms with Crippen molar-refractivity contribution in [2.24, 2.45) is 0 Å². The van der Waals surface area contributed by atoms with Crippen molar-refractivity contribution in [3.05, 3.63) is 35.1 Å². The van der Waals surface area contributed by atoms with E-state index in [1.54, 1.807) is 6.07 Å². The third-order valence-corrected chi connectivity index (χ3v) is 2.63. The molecule has 2 atom stereocenters. The second-order valence-electron chi connectivity index (χ2n) is 3.88. The van der Waals surface area contributed by atoms with Crippen molar-refractivity contribution < 1.29 is 9.50 Å². The van der Waals surface area contributed by atoms with Crippen LogP contribution >= 0.6 is 0 Å². The van der Waals surface area contributed by atoms with Gasteiger partial charge in [0.2, 0.25) is 0 Å². The fraction of sp³-hybridized carbons (Fsp3) is 0.455. The molecule has 2 nitrogen and oxygen atoms in total. The zero-order chi connectivity index (χ0) is 10.1. The van der Waals surface area contributed by atoms with Gasteiger partial charge in [-0.15, -0.1) is 0 Å². The molecule has 1 aliphatic rings. The van der Waals surface area contributed by atoms with Crippen molar-refractivity contribution in [2.45, 2.75) is 25.5 Å². The predicted octanol–water partition coefficient (Wildman–Crippen LogP) is 1.53.